The van der Waals surface area contributed by atoms with Crippen LogP contribution in [0.25, 0.3) is 10.2 Å². The molecule has 0 unspecified atom stereocenters. The third kappa shape index (κ3) is 3.66. The third-order valence-corrected chi connectivity index (χ3v) is 5.87. The van der Waals surface area contributed by atoms with Gasteiger partial charge in [0.2, 0.25) is 0 Å². The molecule has 0 bridgehead atoms. The average molecular weight is 392 g/mol. The Bertz CT molecular complexity index is 949. The number of rotatable bonds is 3. The first-order valence-electron chi connectivity index (χ1n) is 8.66. The molecule has 27 heavy (non-hydrogen) atoms. The SMILES string of the molecule is [O]c1cccc2nc(N3CCC(Nc4ccccc4C(F)(F)F)CC3)sc12. The summed E-state index contributed by atoms with van der Waals surface area (Å²) in [7, 11) is 0. The number of alkyl halides is 3. The molecule has 3 aromatic rings. The largest absolute Gasteiger partial charge is 0.418 e. The highest BCUT2D eigenvalue weighted by atomic mass is 32.1. The number of nitrogens with zero attached hydrogens (tertiary/aromatic N) is 2. The van der Waals surface area contributed by atoms with Crippen molar-refractivity contribution in [1.82, 2.24) is 4.98 Å². The molecule has 4 nitrogen and oxygen atoms in total. The third-order valence-electron chi connectivity index (χ3n) is 4.73. The van der Waals surface area contributed by atoms with Crippen LogP contribution in [0.4, 0.5) is 24.0 Å². The Morgan fingerprint density at radius 1 is 1.07 bits per heavy atom. The van der Waals surface area contributed by atoms with Gasteiger partial charge in [-0.2, -0.15) is 13.2 Å². The molecule has 0 amide bonds. The molecule has 8 heteroatoms. The van der Waals surface area contributed by atoms with Crippen molar-refractivity contribution in [3.8, 4) is 5.75 Å². The lowest BCUT2D eigenvalue weighted by Crippen LogP contribution is -2.39. The fourth-order valence-electron chi connectivity index (χ4n) is 3.34. The van der Waals surface area contributed by atoms with E-state index in [1.165, 1.54) is 29.5 Å². The smallest absolute Gasteiger partial charge is 0.382 e. The normalized spacial score (nSPS) is 16.0. The number of hydrogen-bond acceptors (Lipinski definition) is 4. The number of halogens is 3. The summed E-state index contributed by atoms with van der Waals surface area (Å²) in [4.78, 5) is 6.62. The van der Waals surface area contributed by atoms with Crippen LogP contribution in [-0.2, 0) is 11.3 Å². The van der Waals surface area contributed by atoms with E-state index in [1.807, 2.05) is 6.07 Å². The lowest BCUT2D eigenvalue weighted by Gasteiger charge is -2.33. The molecular formula is C19H17F3N3OS. The number of fused-ring (bicyclic) bond motifs is 1. The lowest BCUT2D eigenvalue weighted by molar-refractivity contribution is -0.137. The molecule has 141 valence electrons. The van der Waals surface area contributed by atoms with E-state index in [1.54, 1.807) is 12.1 Å². The Balaban J connectivity index is 1.44. The second kappa shape index (κ2) is 6.92. The Morgan fingerprint density at radius 3 is 2.52 bits per heavy atom. The van der Waals surface area contributed by atoms with Gasteiger partial charge in [0.1, 0.15) is 4.70 Å². The van der Waals surface area contributed by atoms with Gasteiger partial charge in [-0.1, -0.05) is 29.5 Å². The molecule has 0 spiro atoms. The summed E-state index contributed by atoms with van der Waals surface area (Å²) in [5.41, 5.74) is 0.183. The summed E-state index contributed by atoms with van der Waals surface area (Å²) < 4.78 is 40.1. The summed E-state index contributed by atoms with van der Waals surface area (Å²) in [5, 5.41) is 15.7. The molecule has 0 aliphatic carbocycles. The lowest BCUT2D eigenvalue weighted by atomic mass is 10.0. The Labute approximate surface area is 158 Å². The molecule has 2 heterocycles. The molecule has 0 saturated carbocycles. The quantitative estimate of drug-likeness (QED) is 0.637. The van der Waals surface area contributed by atoms with Gasteiger partial charge in [-0.25, -0.2) is 4.98 Å². The summed E-state index contributed by atoms with van der Waals surface area (Å²) >= 11 is 1.37. The molecule has 1 aliphatic rings. The van der Waals surface area contributed by atoms with Crippen LogP contribution in [0.2, 0.25) is 0 Å². The zero-order chi connectivity index (χ0) is 19.0. The first-order chi connectivity index (χ1) is 12.9. The fraction of sp³-hybridized carbons (Fsp3) is 0.316. The van der Waals surface area contributed by atoms with Gasteiger partial charge in [0, 0.05) is 24.8 Å². The van der Waals surface area contributed by atoms with Crippen molar-refractivity contribution in [2.45, 2.75) is 25.1 Å². The fourth-order valence-corrected chi connectivity index (χ4v) is 4.36. The monoisotopic (exact) mass is 392 g/mol. The Morgan fingerprint density at radius 2 is 1.81 bits per heavy atom. The molecular weight excluding hydrogens is 375 g/mol. The second-order valence-electron chi connectivity index (χ2n) is 6.55. The zero-order valence-electron chi connectivity index (χ0n) is 14.3. The number of nitrogens with one attached hydrogen (secondary N) is 1. The first-order valence-corrected chi connectivity index (χ1v) is 9.48. The number of anilines is 2. The van der Waals surface area contributed by atoms with E-state index in [9.17, 15) is 18.3 Å². The molecule has 1 fully saturated rings. The Kier molecular flexibility index (Phi) is 4.59. The van der Waals surface area contributed by atoms with Crippen LogP contribution in [0.15, 0.2) is 42.5 Å². The van der Waals surface area contributed by atoms with Gasteiger partial charge < -0.3 is 10.2 Å². The molecule has 1 aromatic heterocycles. The van der Waals surface area contributed by atoms with Crippen LogP contribution >= 0.6 is 11.3 Å². The number of piperidine rings is 1. The van der Waals surface area contributed by atoms with E-state index < -0.39 is 11.7 Å². The predicted molar refractivity (Wildman–Crippen MR) is 100 cm³/mol. The van der Waals surface area contributed by atoms with Crippen molar-refractivity contribution in [3.63, 3.8) is 0 Å². The van der Waals surface area contributed by atoms with Crippen molar-refractivity contribution in [3.05, 3.63) is 48.0 Å². The first kappa shape index (κ1) is 17.9. The number of thiazole rings is 1. The predicted octanol–water partition coefficient (Wildman–Crippen LogP) is 5.54. The summed E-state index contributed by atoms with van der Waals surface area (Å²) in [6.45, 7) is 1.36. The zero-order valence-corrected chi connectivity index (χ0v) is 15.1. The number of para-hydroxylation sites is 1. The van der Waals surface area contributed by atoms with Crippen LogP contribution in [0.3, 0.4) is 0 Å². The highest BCUT2D eigenvalue weighted by Crippen LogP contribution is 2.37. The Hall–Kier alpha value is -2.48. The maximum absolute atomic E-state index is 13.1. The summed E-state index contributed by atoms with van der Waals surface area (Å²) in [6, 6.07) is 10.6. The van der Waals surface area contributed by atoms with Crippen LogP contribution in [0.5, 0.6) is 5.75 Å². The number of aromatic nitrogens is 1. The van der Waals surface area contributed by atoms with E-state index >= 15 is 0 Å². The maximum atomic E-state index is 13.1. The van der Waals surface area contributed by atoms with Crippen molar-refractivity contribution < 1.29 is 18.3 Å². The molecule has 4 rings (SSSR count). The molecule has 1 saturated heterocycles. The minimum Gasteiger partial charge on any atom is -0.382 e. The minimum atomic E-state index is -4.37. The van der Waals surface area contributed by atoms with Gasteiger partial charge in [-0.05, 0) is 37.1 Å². The number of benzene rings is 2. The van der Waals surface area contributed by atoms with Gasteiger partial charge in [0.05, 0.1) is 11.1 Å². The van der Waals surface area contributed by atoms with Crippen LogP contribution in [0, 0.1) is 0 Å². The van der Waals surface area contributed by atoms with Crippen molar-refractivity contribution in [2.24, 2.45) is 0 Å². The minimum absolute atomic E-state index is 0.0310. The second-order valence-corrected chi connectivity index (χ2v) is 7.53. The van der Waals surface area contributed by atoms with Crippen molar-refractivity contribution in [1.29, 1.82) is 0 Å². The van der Waals surface area contributed by atoms with Crippen molar-refractivity contribution in [2.75, 3.05) is 23.3 Å². The highest BCUT2D eigenvalue weighted by molar-refractivity contribution is 7.22. The molecule has 0 atom stereocenters. The van der Waals surface area contributed by atoms with Gasteiger partial charge >= 0.3 is 6.18 Å². The highest BCUT2D eigenvalue weighted by Gasteiger charge is 2.34. The van der Waals surface area contributed by atoms with Crippen LogP contribution < -0.4 is 10.2 Å². The number of hydrogen-bond donors (Lipinski definition) is 1. The van der Waals surface area contributed by atoms with Crippen LogP contribution in [0.1, 0.15) is 18.4 Å². The standard InChI is InChI=1S/C19H17F3N3OS/c20-19(21,22)13-4-1-2-5-14(13)23-12-8-10-25(11-9-12)18-24-15-6-3-7-16(26)17(15)27-18/h1-7,12,23H,8-11H2. The molecule has 1 N–H and O–H groups in total. The molecule has 2 aromatic carbocycles. The topological polar surface area (TPSA) is 48.1 Å². The van der Waals surface area contributed by atoms with Gasteiger partial charge in [0.25, 0.3) is 0 Å². The van der Waals surface area contributed by atoms with E-state index in [-0.39, 0.29) is 17.5 Å². The van der Waals surface area contributed by atoms with E-state index in [2.05, 4.69) is 15.2 Å². The van der Waals surface area contributed by atoms with Gasteiger partial charge in [-0.15, -0.1) is 0 Å². The van der Waals surface area contributed by atoms with E-state index in [0.29, 0.717) is 36.1 Å². The maximum Gasteiger partial charge on any atom is 0.418 e. The van der Waals surface area contributed by atoms with Crippen LogP contribution in [-0.4, -0.2) is 24.1 Å². The molecule has 1 radical (unpaired) electrons. The van der Waals surface area contributed by atoms with E-state index in [0.717, 1.165) is 11.2 Å². The van der Waals surface area contributed by atoms with Gasteiger partial charge in [0.15, 0.2) is 10.9 Å². The summed E-state index contributed by atoms with van der Waals surface area (Å²) in [5.74, 6) is -0.0310. The van der Waals surface area contributed by atoms with Crippen molar-refractivity contribution >= 4 is 32.4 Å². The van der Waals surface area contributed by atoms with E-state index in [4.69, 9.17) is 0 Å². The van der Waals surface area contributed by atoms with Gasteiger partial charge in [-0.3, -0.25) is 5.11 Å². The summed E-state index contributed by atoms with van der Waals surface area (Å²) in [6.07, 6.45) is -2.97. The molecule has 1 aliphatic heterocycles. The average Bonchev–Trinajstić information content (AvgIpc) is 3.08.